The molecule has 0 radical (unpaired) electrons. The average Bonchev–Trinajstić information content (AvgIpc) is 2.78. The summed E-state index contributed by atoms with van der Waals surface area (Å²) >= 11 is 0. The lowest BCUT2D eigenvalue weighted by Gasteiger charge is -2.27. The van der Waals surface area contributed by atoms with E-state index in [1.54, 1.807) is 0 Å². The Hall–Kier alpha value is -3.07. The van der Waals surface area contributed by atoms with E-state index in [2.05, 4.69) is 16.2 Å². The quantitative estimate of drug-likeness (QED) is 0.311. The monoisotopic (exact) mass is 473 g/mol. The van der Waals surface area contributed by atoms with Gasteiger partial charge in [0.15, 0.2) is 5.78 Å². The highest BCUT2D eigenvalue weighted by molar-refractivity contribution is 6.37. The van der Waals surface area contributed by atoms with Crippen molar-refractivity contribution in [2.45, 2.75) is 59.6 Å². The summed E-state index contributed by atoms with van der Waals surface area (Å²) in [6.07, 6.45) is 0.126. The zero-order valence-electron chi connectivity index (χ0n) is 20.3. The van der Waals surface area contributed by atoms with Crippen LogP contribution in [0.3, 0.4) is 0 Å². The molecule has 1 aromatic rings. The van der Waals surface area contributed by atoms with E-state index in [1.165, 1.54) is 0 Å². The molecule has 2 rings (SSSR count). The molecule has 9 nitrogen and oxygen atoms in total. The summed E-state index contributed by atoms with van der Waals surface area (Å²) in [4.78, 5) is 62.1. The zero-order valence-corrected chi connectivity index (χ0v) is 20.3. The molecule has 1 aliphatic rings. The number of nitrogens with one attached hydrogen (secondary N) is 3. The summed E-state index contributed by atoms with van der Waals surface area (Å²) in [7, 11) is 0. The summed E-state index contributed by atoms with van der Waals surface area (Å²) in [6, 6.07) is 8.45. The first-order chi connectivity index (χ1) is 16.1. The molecule has 0 saturated carbocycles. The third-order valence-corrected chi connectivity index (χ3v) is 5.78. The van der Waals surface area contributed by atoms with Crippen LogP contribution in [0, 0.1) is 23.7 Å². The molecule has 1 heterocycles. The van der Waals surface area contributed by atoms with Crippen molar-refractivity contribution in [3.63, 3.8) is 0 Å². The van der Waals surface area contributed by atoms with Crippen LogP contribution in [0.2, 0.25) is 0 Å². The first-order valence-electron chi connectivity index (χ1n) is 11.7. The highest BCUT2D eigenvalue weighted by atomic mass is 16.5. The van der Waals surface area contributed by atoms with Gasteiger partial charge in [-0.3, -0.25) is 29.4 Å². The van der Waals surface area contributed by atoms with Crippen molar-refractivity contribution < 1.29 is 28.7 Å². The smallest absolute Gasteiger partial charge is 0.306 e. The van der Waals surface area contributed by atoms with Crippen LogP contribution in [-0.4, -0.2) is 41.9 Å². The summed E-state index contributed by atoms with van der Waals surface area (Å²) < 4.78 is 5.33. The minimum Gasteiger partial charge on any atom is -0.461 e. The number of hydrazine groups is 1. The Balaban J connectivity index is 2.00. The molecule has 1 aliphatic heterocycles. The van der Waals surface area contributed by atoms with Crippen molar-refractivity contribution in [3.8, 4) is 0 Å². The molecule has 3 N–H and O–H groups in total. The van der Waals surface area contributed by atoms with E-state index in [4.69, 9.17) is 4.74 Å². The minimum atomic E-state index is -0.813. The summed E-state index contributed by atoms with van der Waals surface area (Å²) in [5.74, 6) is -4.14. The lowest BCUT2D eigenvalue weighted by molar-refractivity contribution is -0.149. The molecule has 1 saturated heterocycles. The topological polar surface area (TPSA) is 131 Å². The normalized spacial score (nSPS) is 17.8. The van der Waals surface area contributed by atoms with E-state index in [-0.39, 0.29) is 43.6 Å². The van der Waals surface area contributed by atoms with Crippen LogP contribution in [0.1, 0.15) is 52.5 Å². The minimum absolute atomic E-state index is 0.103. The van der Waals surface area contributed by atoms with Crippen LogP contribution in [0.15, 0.2) is 30.3 Å². The number of benzene rings is 1. The fraction of sp³-hybridized carbons (Fsp3) is 0.560. The molecule has 2 amide bonds. The number of carbonyl (C=O) groups is 5. The third kappa shape index (κ3) is 8.37. The Morgan fingerprint density at radius 3 is 2.38 bits per heavy atom. The molecule has 0 bridgehead atoms. The number of rotatable bonds is 12. The van der Waals surface area contributed by atoms with E-state index in [9.17, 15) is 24.0 Å². The van der Waals surface area contributed by atoms with Gasteiger partial charge < -0.3 is 10.1 Å². The summed E-state index contributed by atoms with van der Waals surface area (Å²) in [5, 5.41) is 2.80. The number of ether oxygens (including phenoxy) is 1. The Bertz CT molecular complexity index is 884. The molecule has 1 fully saturated rings. The Kier molecular flexibility index (Phi) is 10.4. The van der Waals surface area contributed by atoms with Crippen LogP contribution in [-0.2, 0) is 35.3 Å². The predicted molar refractivity (Wildman–Crippen MR) is 125 cm³/mol. The van der Waals surface area contributed by atoms with E-state index in [1.807, 2.05) is 58.0 Å². The van der Waals surface area contributed by atoms with Crippen molar-refractivity contribution in [2.24, 2.45) is 23.7 Å². The lowest BCUT2D eigenvalue weighted by atomic mass is 9.88. The van der Waals surface area contributed by atoms with Crippen LogP contribution >= 0.6 is 0 Å². The van der Waals surface area contributed by atoms with Crippen molar-refractivity contribution in [2.75, 3.05) is 6.54 Å². The highest BCUT2D eigenvalue weighted by Gasteiger charge is 2.35. The predicted octanol–water partition coefficient (Wildman–Crippen LogP) is 1.70. The standard InChI is InChI=1S/C25H35N3O6/c1-15(2)10-20(21(29)11-18-13-26-28-25(33)23(18)31)27-24(32)19(16(3)4)12-22(30)34-14-17-8-6-5-7-9-17/h5-9,15-16,18-20,26H,10-14H2,1-4H3,(H,27,32)(H,28,33). The van der Waals surface area contributed by atoms with E-state index >= 15 is 0 Å². The van der Waals surface area contributed by atoms with E-state index in [0.717, 1.165) is 5.56 Å². The summed E-state index contributed by atoms with van der Waals surface area (Å²) in [6.45, 7) is 7.79. The molecule has 0 aromatic heterocycles. The van der Waals surface area contributed by atoms with Crippen molar-refractivity contribution in [1.82, 2.24) is 16.2 Å². The first-order valence-corrected chi connectivity index (χ1v) is 11.7. The number of hydrogen-bond acceptors (Lipinski definition) is 7. The second-order valence-corrected chi connectivity index (χ2v) is 9.46. The van der Waals surface area contributed by atoms with Gasteiger partial charge in [-0.2, -0.15) is 0 Å². The number of amides is 2. The van der Waals surface area contributed by atoms with Gasteiger partial charge in [-0.25, -0.2) is 5.43 Å². The van der Waals surface area contributed by atoms with Gasteiger partial charge in [-0.15, -0.1) is 0 Å². The fourth-order valence-electron chi connectivity index (χ4n) is 3.77. The van der Waals surface area contributed by atoms with Gasteiger partial charge >= 0.3 is 11.9 Å². The Morgan fingerprint density at radius 1 is 1.09 bits per heavy atom. The van der Waals surface area contributed by atoms with Crippen LogP contribution in [0.4, 0.5) is 0 Å². The maximum Gasteiger partial charge on any atom is 0.306 e. The van der Waals surface area contributed by atoms with Gasteiger partial charge in [0.2, 0.25) is 11.7 Å². The Morgan fingerprint density at radius 2 is 1.76 bits per heavy atom. The maximum atomic E-state index is 13.1. The third-order valence-electron chi connectivity index (χ3n) is 5.78. The SMILES string of the molecule is CC(C)CC(NC(=O)C(CC(=O)OCc1ccccc1)C(C)C)C(=O)CC1CNNC(=O)C1=O. The second kappa shape index (κ2) is 13.0. The van der Waals surface area contributed by atoms with Crippen LogP contribution in [0.25, 0.3) is 0 Å². The molecule has 9 heteroatoms. The molecule has 34 heavy (non-hydrogen) atoms. The van der Waals surface area contributed by atoms with Gasteiger partial charge in [-0.05, 0) is 23.8 Å². The van der Waals surface area contributed by atoms with Crippen molar-refractivity contribution in [1.29, 1.82) is 0 Å². The molecule has 186 valence electrons. The number of carbonyl (C=O) groups excluding carboxylic acids is 5. The summed E-state index contributed by atoms with van der Waals surface area (Å²) in [5.41, 5.74) is 5.69. The molecular formula is C25H35N3O6. The number of Topliss-reactive ketones (excluding diaryl/α,β-unsaturated/α-hetero) is 2. The van der Waals surface area contributed by atoms with Gasteiger partial charge in [0.05, 0.1) is 18.4 Å². The molecular weight excluding hydrogens is 438 g/mol. The molecule has 3 atom stereocenters. The van der Waals surface area contributed by atoms with Crippen LogP contribution in [0.5, 0.6) is 0 Å². The maximum absolute atomic E-state index is 13.1. The highest BCUT2D eigenvalue weighted by Crippen LogP contribution is 2.19. The van der Waals surface area contributed by atoms with Crippen molar-refractivity contribution >= 4 is 29.4 Å². The average molecular weight is 474 g/mol. The van der Waals surface area contributed by atoms with Gasteiger partial charge in [0, 0.05) is 18.9 Å². The van der Waals surface area contributed by atoms with Crippen LogP contribution < -0.4 is 16.2 Å². The molecule has 0 spiro atoms. The zero-order chi connectivity index (χ0) is 25.3. The van der Waals surface area contributed by atoms with E-state index < -0.39 is 41.4 Å². The second-order valence-electron chi connectivity index (χ2n) is 9.46. The number of esters is 1. The Labute approximate surface area is 200 Å². The molecule has 3 unspecified atom stereocenters. The van der Waals surface area contributed by atoms with Crippen molar-refractivity contribution in [3.05, 3.63) is 35.9 Å². The number of hydrogen-bond donors (Lipinski definition) is 3. The molecule has 1 aromatic carbocycles. The first kappa shape index (κ1) is 27.2. The van der Waals surface area contributed by atoms with Gasteiger partial charge in [0.1, 0.15) is 6.61 Å². The lowest BCUT2D eigenvalue weighted by Crippen LogP contribution is -2.54. The van der Waals surface area contributed by atoms with E-state index in [0.29, 0.717) is 6.42 Å². The largest absolute Gasteiger partial charge is 0.461 e. The number of ketones is 2. The van der Waals surface area contributed by atoms with Gasteiger partial charge in [0.25, 0.3) is 0 Å². The molecule has 0 aliphatic carbocycles. The fourth-order valence-corrected chi connectivity index (χ4v) is 3.77. The van der Waals surface area contributed by atoms with Gasteiger partial charge in [-0.1, -0.05) is 58.0 Å².